The summed E-state index contributed by atoms with van der Waals surface area (Å²) in [7, 11) is 0. The minimum Gasteiger partial charge on any atom is -0.326 e. The Morgan fingerprint density at radius 3 is 2.18 bits per heavy atom. The van der Waals surface area contributed by atoms with Gasteiger partial charge in [0.05, 0.1) is 0 Å². The molecule has 4 fully saturated rings. The van der Waals surface area contributed by atoms with Crippen LogP contribution in [0.5, 0.6) is 0 Å². The molecule has 2 N–H and O–H groups in total. The predicted molar refractivity (Wildman–Crippen MR) is 72.1 cm³/mol. The van der Waals surface area contributed by atoms with Crippen LogP contribution in [-0.4, -0.2) is 0 Å². The molecule has 0 saturated heterocycles. The molecule has 0 aliphatic heterocycles. The highest BCUT2D eigenvalue weighted by molar-refractivity contribution is 7.10. The van der Waals surface area contributed by atoms with Crippen LogP contribution in [0.25, 0.3) is 0 Å². The van der Waals surface area contributed by atoms with Crippen LogP contribution in [0.2, 0.25) is 0 Å². The molecule has 1 heterocycles. The van der Waals surface area contributed by atoms with E-state index in [1.54, 1.807) is 4.88 Å². The molecule has 2 heteroatoms. The lowest BCUT2D eigenvalue weighted by atomic mass is 9.49. The predicted octanol–water partition coefficient (Wildman–Crippen LogP) is 3.67. The Bertz CT molecular complexity index is 399. The van der Waals surface area contributed by atoms with Crippen molar-refractivity contribution in [2.45, 2.75) is 50.5 Å². The summed E-state index contributed by atoms with van der Waals surface area (Å²) in [6.45, 7) is 0.711. The van der Waals surface area contributed by atoms with Crippen molar-refractivity contribution in [1.29, 1.82) is 0 Å². The molecule has 0 spiro atoms. The van der Waals surface area contributed by atoms with Crippen molar-refractivity contribution < 1.29 is 0 Å². The van der Waals surface area contributed by atoms with Gasteiger partial charge >= 0.3 is 0 Å². The maximum absolute atomic E-state index is 5.76. The van der Waals surface area contributed by atoms with E-state index in [9.17, 15) is 0 Å². The Balaban J connectivity index is 1.72. The molecule has 0 amide bonds. The van der Waals surface area contributed by atoms with Gasteiger partial charge in [-0.3, -0.25) is 0 Å². The highest BCUT2D eigenvalue weighted by atomic mass is 32.1. The minimum atomic E-state index is 0.576. The summed E-state index contributed by atoms with van der Waals surface area (Å²) in [5.41, 5.74) is 7.69. The molecule has 1 nitrogen and oxygen atoms in total. The molecule has 4 aliphatic carbocycles. The Morgan fingerprint density at radius 1 is 1.12 bits per heavy atom. The summed E-state index contributed by atoms with van der Waals surface area (Å²) >= 11 is 1.98. The van der Waals surface area contributed by atoms with Crippen molar-refractivity contribution in [3.8, 4) is 0 Å². The smallest absolute Gasteiger partial charge is 0.0186 e. The van der Waals surface area contributed by atoms with Gasteiger partial charge in [0.25, 0.3) is 0 Å². The molecule has 5 rings (SSSR count). The zero-order valence-electron chi connectivity index (χ0n) is 10.3. The van der Waals surface area contributed by atoms with E-state index in [0.717, 1.165) is 17.8 Å². The van der Waals surface area contributed by atoms with Gasteiger partial charge in [0.2, 0.25) is 0 Å². The second kappa shape index (κ2) is 3.58. The van der Waals surface area contributed by atoms with Gasteiger partial charge in [-0.2, -0.15) is 0 Å². The fourth-order valence-electron chi connectivity index (χ4n) is 5.17. The molecule has 17 heavy (non-hydrogen) atoms. The standard InChI is InChI=1S/C15H21NS/c16-8-13-4-14(17-9-13)15-5-10-1-11(6-15)3-12(2-10)7-15/h4,9-12H,1-3,5-8,16H2. The van der Waals surface area contributed by atoms with Crippen LogP contribution >= 0.6 is 11.3 Å². The molecule has 0 unspecified atom stereocenters. The van der Waals surface area contributed by atoms with E-state index in [1.165, 1.54) is 44.1 Å². The van der Waals surface area contributed by atoms with E-state index < -0.39 is 0 Å². The Morgan fingerprint density at radius 2 is 1.71 bits per heavy atom. The molecular weight excluding hydrogens is 226 g/mol. The van der Waals surface area contributed by atoms with Crippen LogP contribution in [0.4, 0.5) is 0 Å². The fraction of sp³-hybridized carbons (Fsp3) is 0.733. The van der Waals surface area contributed by atoms with Gasteiger partial charge in [-0.15, -0.1) is 11.3 Å². The van der Waals surface area contributed by atoms with Crippen molar-refractivity contribution in [2.24, 2.45) is 23.5 Å². The average molecular weight is 247 g/mol. The van der Waals surface area contributed by atoms with Crippen LogP contribution < -0.4 is 5.73 Å². The number of thiophene rings is 1. The normalized spacial score (nSPS) is 43.2. The monoisotopic (exact) mass is 247 g/mol. The van der Waals surface area contributed by atoms with E-state index in [0.29, 0.717) is 12.0 Å². The summed E-state index contributed by atoms with van der Waals surface area (Å²) in [4.78, 5) is 1.66. The molecule has 4 bridgehead atoms. The number of nitrogens with two attached hydrogens (primary N) is 1. The van der Waals surface area contributed by atoms with Gasteiger partial charge in [-0.1, -0.05) is 0 Å². The third kappa shape index (κ3) is 1.53. The van der Waals surface area contributed by atoms with Crippen molar-refractivity contribution in [3.63, 3.8) is 0 Å². The van der Waals surface area contributed by atoms with Gasteiger partial charge in [0.15, 0.2) is 0 Å². The zero-order chi connectivity index (χ0) is 11.5. The fourth-order valence-corrected chi connectivity index (χ4v) is 6.34. The average Bonchev–Trinajstić information content (AvgIpc) is 2.76. The van der Waals surface area contributed by atoms with E-state index >= 15 is 0 Å². The maximum Gasteiger partial charge on any atom is 0.0186 e. The van der Waals surface area contributed by atoms with Crippen molar-refractivity contribution in [1.82, 2.24) is 0 Å². The van der Waals surface area contributed by atoms with Crippen LogP contribution in [0.15, 0.2) is 11.4 Å². The van der Waals surface area contributed by atoms with Crippen molar-refractivity contribution in [2.75, 3.05) is 0 Å². The van der Waals surface area contributed by atoms with E-state index in [2.05, 4.69) is 11.4 Å². The lowest BCUT2D eigenvalue weighted by Gasteiger charge is -2.56. The van der Waals surface area contributed by atoms with Gasteiger partial charge in [-0.05, 0) is 73.3 Å². The van der Waals surface area contributed by atoms with Crippen LogP contribution in [0, 0.1) is 17.8 Å². The van der Waals surface area contributed by atoms with Crippen molar-refractivity contribution >= 4 is 11.3 Å². The zero-order valence-corrected chi connectivity index (χ0v) is 11.1. The topological polar surface area (TPSA) is 26.0 Å². The number of hydrogen-bond acceptors (Lipinski definition) is 2. The van der Waals surface area contributed by atoms with Crippen LogP contribution in [0.3, 0.4) is 0 Å². The first-order valence-corrected chi connectivity index (χ1v) is 7.93. The van der Waals surface area contributed by atoms with Crippen molar-refractivity contribution in [3.05, 3.63) is 21.9 Å². The third-order valence-electron chi connectivity index (χ3n) is 5.45. The first kappa shape index (κ1) is 10.6. The molecule has 4 aliphatic rings. The van der Waals surface area contributed by atoms with E-state index in [-0.39, 0.29) is 0 Å². The van der Waals surface area contributed by atoms with Gasteiger partial charge in [0.1, 0.15) is 0 Å². The molecule has 4 saturated carbocycles. The Hall–Kier alpha value is -0.340. The Kier molecular flexibility index (Phi) is 2.23. The summed E-state index contributed by atoms with van der Waals surface area (Å²) in [6.07, 6.45) is 9.04. The second-order valence-electron chi connectivity index (χ2n) is 6.72. The quantitative estimate of drug-likeness (QED) is 0.847. The van der Waals surface area contributed by atoms with Gasteiger partial charge in [-0.25, -0.2) is 0 Å². The molecule has 0 atom stereocenters. The Labute approximate surface area is 107 Å². The largest absolute Gasteiger partial charge is 0.326 e. The summed E-state index contributed by atoms with van der Waals surface area (Å²) in [5, 5.41) is 2.29. The highest BCUT2D eigenvalue weighted by Gasteiger charge is 2.52. The van der Waals surface area contributed by atoms with Gasteiger partial charge < -0.3 is 5.73 Å². The lowest BCUT2D eigenvalue weighted by molar-refractivity contribution is -0.00348. The molecule has 0 aromatic carbocycles. The molecule has 92 valence electrons. The lowest BCUT2D eigenvalue weighted by Crippen LogP contribution is -2.48. The summed E-state index contributed by atoms with van der Waals surface area (Å²) < 4.78 is 0. The maximum atomic E-state index is 5.76. The van der Waals surface area contributed by atoms with Crippen LogP contribution in [0.1, 0.15) is 49.0 Å². The molecular formula is C15H21NS. The highest BCUT2D eigenvalue weighted by Crippen LogP contribution is 2.61. The van der Waals surface area contributed by atoms with E-state index in [4.69, 9.17) is 5.73 Å². The molecule has 1 aromatic heterocycles. The molecule has 0 radical (unpaired) electrons. The second-order valence-corrected chi connectivity index (χ2v) is 7.63. The summed E-state index contributed by atoms with van der Waals surface area (Å²) in [5.74, 6) is 3.14. The summed E-state index contributed by atoms with van der Waals surface area (Å²) in [6, 6.07) is 2.41. The van der Waals surface area contributed by atoms with E-state index in [1.807, 2.05) is 11.3 Å². The van der Waals surface area contributed by atoms with Gasteiger partial charge in [0, 0.05) is 16.8 Å². The molecule has 1 aromatic rings. The minimum absolute atomic E-state index is 0.576. The first-order valence-electron chi connectivity index (χ1n) is 7.05. The number of rotatable bonds is 2. The number of hydrogen-bond donors (Lipinski definition) is 1. The van der Waals surface area contributed by atoms with Crippen LogP contribution in [-0.2, 0) is 12.0 Å². The third-order valence-corrected chi connectivity index (χ3v) is 6.68. The first-order chi connectivity index (χ1) is 8.27. The SMILES string of the molecule is NCc1csc(C23CC4CC(CC(C4)C2)C3)c1.